The summed E-state index contributed by atoms with van der Waals surface area (Å²) in [5.41, 5.74) is 2.86. The fraction of sp³-hybridized carbons (Fsp3) is 0.235. The highest BCUT2D eigenvalue weighted by molar-refractivity contribution is 6.09. The molecule has 0 radical (unpaired) electrons. The number of carbonyl (C=O) groups excluding carboxylic acids is 1. The van der Waals surface area contributed by atoms with E-state index >= 15 is 0 Å². The van der Waals surface area contributed by atoms with Crippen LogP contribution in [-0.4, -0.2) is 30.6 Å². The van der Waals surface area contributed by atoms with Gasteiger partial charge in [0.15, 0.2) is 5.82 Å². The van der Waals surface area contributed by atoms with Gasteiger partial charge in [-0.05, 0) is 18.1 Å². The number of carbonyl (C=O) groups is 1. The quantitative estimate of drug-likeness (QED) is 0.733. The lowest BCUT2D eigenvalue weighted by Gasteiger charge is -2.14. The minimum Gasteiger partial charge on any atom is -0.285 e. The molecule has 1 amide bonds. The molecule has 0 bridgehead atoms. The molecular weight excluding hydrogens is 323 g/mol. The molecule has 8 heteroatoms. The lowest BCUT2D eigenvalue weighted by molar-refractivity contribution is 0.0995. The molecule has 0 spiro atoms. The third kappa shape index (κ3) is 2.65. The Morgan fingerprint density at radius 3 is 2.68 bits per heavy atom. The van der Waals surface area contributed by atoms with E-state index in [0.29, 0.717) is 17.2 Å². The van der Waals surface area contributed by atoms with Gasteiger partial charge < -0.3 is 0 Å². The van der Waals surface area contributed by atoms with Gasteiger partial charge in [-0.2, -0.15) is 14.5 Å². The number of nitrogens with zero attached hydrogens (tertiary/aromatic N) is 6. The van der Waals surface area contributed by atoms with Crippen molar-refractivity contribution in [2.24, 2.45) is 0 Å². The number of halogens is 1. The fourth-order valence-electron chi connectivity index (χ4n) is 2.73. The summed E-state index contributed by atoms with van der Waals surface area (Å²) in [5, 5.41) is 4.46. The van der Waals surface area contributed by atoms with Crippen molar-refractivity contribution in [2.75, 3.05) is 4.90 Å². The molecule has 0 unspecified atom stereocenters. The second kappa shape index (κ2) is 5.73. The molecule has 7 nitrogen and oxygen atoms in total. The topological polar surface area (TPSA) is 76.8 Å². The first-order chi connectivity index (χ1) is 12.0. The Labute approximate surface area is 143 Å². The lowest BCUT2D eigenvalue weighted by Crippen LogP contribution is -2.25. The molecule has 25 heavy (non-hydrogen) atoms. The molecule has 0 atom stereocenters. The molecule has 3 aromatic rings. The van der Waals surface area contributed by atoms with Crippen molar-refractivity contribution in [3.05, 3.63) is 59.8 Å². The minimum absolute atomic E-state index is 0.178. The Morgan fingerprint density at radius 2 is 2.04 bits per heavy atom. The number of fused-ring (bicyclic) bond motifs is 1. The summed E-state index contributed by atoms with van der Waals surface area (Å²) in [6.45, 7) is 4.39. The molecule has 3 aromatic heterocycles. The summed E-state index contributed by atoms with van der Waals surface area (Å²) in [5.74, 6) is -0.471. The first kappa shape index (κ1) is 15.4. The molecule has 0 N–H and O–H groups in total. The van der Waals surface area contributed by atoms with E-state index in [1.807, 2.05) is 12.1 Å². The Morgan fingerprint density at radius 1 is 1.20 bits per heavy atom. The van der Waals surface area contributed by atoms with Crippen LogP contribution in [0.4, 0.5) is 10.2 Å². The summed E-state index contributed by atoms with van der Waals surface area (Å²) in [6, 6.07) is 3.87. The zero-order valence-electron chi connectivity index (χ0n) is 13.7. The summed E-state index contributed by atoms with van der Waals surface area (Å²) >= 11 is 0. The number of hydrogen-bond acceptors (Lipinski definition) is 5. The van der Waals surface area contributed by atoms with Crippen molar-refractivity contribution in [3.8, 4) is 5.69 Å². The van der Waals surface area contributed by atoms with Crippen LogP contribution in [0.3, 0.4) is 0 Å². The van der Waals surface area contributed by atoms with Crippen molar-refractivity contribution in [1.29, 1.82) is 0 Å². The summed E-state index contributed by atoms with van der Waals surface area (Å²) in [7, 11) is 0. The Kier molecular flexibility index (Phi) is 3.52. The van der Waals surface area contributed by atoms with Gasteiger partial charge in [0.1, 0.15) is 0 Å². The largest absolute Gasteiger partial charge is 0.285 e. The highest BCUT2D eigenvalue weighted by Crippen LogP contribution is 2.26. The molecule has 1 aliphatic heterocycles. The predicted molar refractivity (Wildman–Crippen MR) is 88.0 cm³/mol. The third-order valence-electron chi connectivity index (χ3n) is 4.07. The first-order valence-electron chi connectivity index (χ1n) is 7.87. The molecule has 0 saturated carbocycles. The maximum Gasteiger partial charge on any atom is 0.263 e. The highest BCUT2D eigenvalue weighted by Gasteiger charge is 2.33. The van der Waals surface area contributed by atoms with Crippen LogP contribution in [0.2, 0.25) is 0 Å². The van der Waals surface area contributed by atoms with Gasteiger partial charge in [-0.3, -0.25) is 19.7 Å². The van der Waals surface area contributed by atoms with Crippen molar-refractivity contribution in [1.82, 2.24) is 24.7 Å². The van der Waals surface area contributed by atoms with E-state index in [-0.39, 0.29) is 18.3 Å². The Balaban J connectivity index is 1.62. The van der Waals surface area contributed by atoms with Gasteiger partial charge in [-0.1, -0.05) is 13.8 Å². The lowest BCUT2D eigenvalue weighted by atomic mass is 10.1. The predicted octanol–water partition coefficient (Wildman–Crippen LogP) is 2.48. The van der Waals surface area contributed by atoms with Gasteiger partial charge in [0.2, 0.25) is 5.95 Å². The number of anilines is 1. The average Bonchev–Trinajstić information content (AvgIpc) is 3.15. The standard InChI is InChI=1S/C17H15FN6O/c1-10(2)13-4-3-11(5-20-13)24-8-12-14(22-24)9-23(17(12)25)16-7-19-6-15(18)21-16/h3-8,10H,9H2,1-2H3. The maximum absolute atomic E-state index is 13.2. The van der Waals surface area contributed by atoms with Gasteiger partial charge >= 0.3 is 0 Å². The van der Waals surface area contributed by atoms with Gasteiger partial charge in [0, 0.05) is 11.9 Å². The Bertz CT molecular complexity index is 950. The molecule has 0 aliphatic carbocycles. The number of amides is 1. The van der Waals surface area contributed by atoms with Crippen LogP contribution in [0.5, 0.6) is 0 Å². The molecule has 4 rings (SSSR count). The van der Waals surface area contributed by atoms with E-state index < -0.39 is 5.95 Å². The maximum atomic E-state index is 13.2. The van der Waals surface area contributed by atoms with Crippen LogP contribution in [0.25, 0.3) is 5.69 Å². The van der Waals surface area contributed by atoms with E-state index in [2.05, 4.69) is 33.9 Å². The summed E-state index contributed by atoms with van der Waals surface area (Å²) in [6.07, 6.45) is 5.75. The molecule has 0 aromatic carbocycles. The Hall–Kier alpha value is -3.16. The number of hydrogen-bond donors (Lipinski definition) is 0. The molecule has 126 valence electrons. The molecular formula is C17H15FN6O. The average molecular weight is 338 g/mol. The van der Waals surface area contributed by atoms with Crippen LogP contribution in [0, 0.1) is 5.95 Å². The van der Waals surface area contributed by atoms with Gasteiger partial charge in [0.05, 0.1) is 42.1 Å². The van der Waals surface area contributed by atoms with E-state index in [4.69, 9.17) is 0 Å². The molecule has 4 heterocycles. The minimum atomic E-state index is -0.726. The van der Waals surface area contributed by atoms with Crippen molar-refractivity contribution in [2.45, 2.75) is 26.3 Å². The fourth-order valence-corrected chi connectivity index (χ4v) is 2.73. The van der Waals surface area contributed by atoms with Crippen LogP contribution in [0.1, 0.15) is 41.5 Å². The number of rotatable bonds is 3. The zero-order chi connectivity index (χ0) is 17.6. The smallest absolute Gasteiger partial charge is 0.263 e. The van der Waals surface area contributed by atoms with E-state index in [1.165, 1.54) is 11.1 Å². The molecule has 1 aliphatic rings. The van der Waals surface area contributed by atoms with Crippen molar-refractivity contribution < 1.29 is 9.18 Å². The summed E-state index contributed by atoms with van der Waals surface area (Å²) < 4.78 is 14.9. The number of aromatic nitrogens is 5. The second-order valence-electron chi connectivity index (χ2n) is 6.12. The van der Waals surface area contributed by atoms with Crippen molar-refractivity contribution >= 4 is 11.7 Å². The van der Waals surface area contributed by atoms with Gasteiger partial charge in [0.25, 0.3) is 5.91 Å². The monoisotopic (exact) mass is 338 g/mol. The highest BCUT2D eigenvalue weighted by atomic mass is 19.1. The molecule has 0 fully saturated rings. The van der Waals surface area contributed by atoms with Crippen LogP contribution >= 0.6 is 0 Å². The number of pyridine rings is 1. The third-order valence-corrected chi connectivity index (χ3v) is 4.07. The molecule has 0 saturated heterocycles. The van der Waals surface area contributed by atoms with E-state index in [9.17, 15) is 9.18 Å². The van der Waals surface area contributed by atoms with Gasteiger partial charge in [-0.15, -0.1) is 0 Å². The SMILES string of the molecule is CC(C)c1ccc(-n2cc3c(n2)CN(c2cncc(F)n2)C3=O)cn1. The first-order valence-corrected chi connectivity index (χ1v) is 7.87. The van der Waals surface area contributed by atoms with E-state index in [1.54, 1.807) is 17.1 Å². The second-order valence-corrected chi connectivity index (χ2v) is 6.12. The van der Waals surface area contributed by atoms with E-state index in [0.717, 1.165) is 17.6 Å². The summed E-state index contributed by atoms with van der Waals surface area (Å²) in [4.78, 5) is 25.8. The van der Waals surface area contributed by atoms with Crippen molar-refractivity contribution in [3.63, 3.8) is 0 Å². The van der Waals surface area contributed by atoms with Crippen LogP contribution in [0.15, 0.2) is 36.9 Å². The normalized spacial score (nSPS) is 13.6. The zero-order valence-corrected chi connectivity index (χ0v) is 13.7. The van der Waals surface area contributed by atoms with Crippen LogP contribution < -0.4 is 4.90 Å². The van der Waals surface area contributed by atoms with Gasteiger partial charge in [-0.25, -0.2) is 4.68 Å². The van der Waals surface area contributed by atoms with Crippen LogP contribution in [-0.2, 0) is 6.54 Å².